The zero-order valence-electron chi connectivity index (χ0n) is 7.63. The molecule has 0 saturated heterocycles. The molecule has 0 saturated carbocycles. The van der Waals surface area contributed by atoms with Crippen LogP contribution in [-0.2, 0) is 4.79 Å². The summed E-state index contributed by atoms with van der Waals surface area (Å²) in [5.41, 5.74) is 0. The minimum atomic E-state index is -2.29. The lowest BCUT2D eigenvalue weighted by Gasteiger charge is -2.26. The fourth-order valence-corrected chi connectivity index (χ4v) is 0.870. The molecule has 0 heterocycles. The van der Waals surface area contributed by atoms with E-state index < -0.39 is 43.1 Å². The van der Waals surface area contributed by atoms with Gasteiger partial charge in [-0.3, -0.25) is 0 Å². The van der Waals surface area contributed by atoms with Crippen LogP contribution >= 0.6 is 0 Å². The highest BCUT2D eigenvalue weighted by Gasteiger charge is 2.36. The van der Waals surface area contributed by atoms with Crippen molar-refractivity contribution in [1.82, 2.24) is 0 Å². The van der Waals surface area contributed by atoms with E-state index >= 15 is 0 Å². The van der Waals surface area contributed by atoms with Crippen molar-refractivity contribution in [2.24, 2.45) is 0 Å². The van der Waals surface area contributed by atoms with Crippen molar-refractivity contribution < 1.29 is 40.5 Å². The zero-order chi connectivity index (χ0) is 12.2. The normalized spacial score (nSPS) is 21.5. The van der Waals surface area contributed by atoms with Crippen LogP contribution < -0.4 is 0 Å². The lowest BCUT2D eigenvalue weighted by Crippen LogP contribution is -2.51. The Bertz CT molecular complexity index is 207. The van der Waals surface area contributed by atoms with Gasteiger partial charge in [-0.1, -0.05) is 0 Å². The van der Waals surface area contributed by atoms with Crippen molar-refractivity contribution in [3.63, 3.8) is 0 Å². The standard InChI is InChI=1S/C7H14O8/c8-1-2(9)3(10)4(11)5(12)6(13)7(14)15/h2-6,8-13H,1H2,(H,14,15)/t2-,3?,4-,5+,6+/m0/s1. The van der Waals surface area contributed by atoms with E-state index in [1.54, 1.807) is 0 Å². The van der Waals surface area contributed by atoms with Crippen LogP contribution in [0.5, 0.6) is 0 Å². The van der Waals surface area contributed by atoms with Crippen LogP contribution in [-0.4, -0.2) is 78.8 Å². The van der Waals surface area contributed by atoms with Gasteiger partial charge in [0.1, 0.15) is 24.4 Å². The van der Waals surface area contributed by atoms with E-state index in [9.17, 15) is 4.79 Å². The quantitative estimate of drug-likeness (QED) is 0.240. The molecule has 5 atom stereocenters. The van der Waals surface area contributed by atoms with E-state index in [0.29, 0.717) is 0 Å². The van der Waals surface area contributed by atoms with Crippen molar-refractivity contribution in [2.45, 2.75) is 30.5 Å². The Labute approximate surface area is 84.7 Å². The van der Waals surface area contributed by atoms with Crippen LogP contribution in [0.2, 0.25) is 0 Å². The van der Waals surface area contributed by atoms with Gasteiger partial charge in [0.25, 0.3) is 0 Å². The molecule has 0 aromatic heterocycles. The highest BCUT2D eigenvalue weighted by atomic mass is 16.4. The van der Waals surface area contributed by atoms with Crippen molar-refractivity contribution in [3.05, 3.63) is 0 Å². The van der Waals surface area contributed by atoms with E-state index in [2.05, 4.69) is 0 Å². The van der Waals surface area contributed by atoms with Gasteiger partial charge in [0.05, 0.1) is 6.61 Å². The van der Waals surface area contributed by atoms with Crippen LogP contribution in [0.15, 0.2) is 0 Å². The van der Waals surface area contributed by atoms with Gasteiger partial charge in [0.15, 0.2) is 6.10 Å². The Balaban J connectivity index is 4.42. The number of rotatable bonds is 6. The first-order valence-corrected chi connectivity index (χ1v) is 4.07. The summed E-state index contributed by atoms with van der Waals surface area (Å²) in [6.07, 6.45) is -10.2. The molecule has 0 aliphatic carbocycles. The lowest BCUT2D eigenvalue weighted by atomic mass is 9.99. The molecular formula is C7H14O8. The molecular weight excluding hydrogens is 212 g/mol. The molecule has 0 aromatic carbocycles. The molecule has 7 N–H and O–H groups in total. The molecule has 0 aliphatic heterocycles. The molecule has 0 aromatic rings. The molecule has 90 valence electrons. The van der Waals surface area contributed by atoms with Crippen molar-refractivity contribution >= 4 is 5.97 Å². The second-order valence-corrected chi connectivity index (χ2v) is 3.00. The van der Waals surface area contributed by atoms with Crippen molar-refractivity contribution in [1.29, 1.82) is 0 Å². The Hall–Kier alpha value is -0.770. The molecule has 0 fully saturated rings. The minimum absolute atomic E-state index is 0.881. The number of carboxylic acids is 1. The number of carboxylic acid groups (broad SMARTS) is 1. The van der Waals surface area contributed by atoms with E-state index in [-0.39, 0.29) is 0 Å². The van der Waals surface area contributed by atoms with Gasteiger partial charge in [-0.15, -0.1) is 0 Å². The summed E-state index contributed by atoms with van der Waals surface area (Å²) < 4.78 is 0. The first-order valence-electron chi connectivity index (χ1n) is 4.07. The molecule has 1 unspecified atom stereocenters. The summed E-state index contributed by atoms with van der Waals surface area (Å²) in [5.74, 6) is -1.78. The molecule has 0 amide bonds. The van der Waals surface area contributed by atoms with Crippen LogP contribution in [0.3, 0.4) is 0 Å². The third-order valence-electron chi connectivity index (χ3n) is 1.86. The minimum Gasteiger partial charge on any atom is -0.479 e. The summed E-state index contributed by atoms with van der Waals surface area (Å²) in [6.45, 7) is -0.881. The van der Waals surface area contributed by atoms with Crippen LogP contribution in [0, 0.1) is 0 Å². The van der Waals surface area contributed by atoms with Crippen LogP contribution in [0.4, 0.5) is 0 Å². The fraction of sp³-hybridized carbons (Fsp3) is 0.857. The van der Waals surface area contributed by atoms with Crippen LogP contribution in [0.1, 0.15) is 0 Å². The number of carbonyl (C=O) groups is 1. The number of hydrogen-bond donors (Lipinski definition) is 7. The van der Waals surface area contributed by atoms with Gasteiger partial charge in [-0.05, 0) is 0 Å². The maximum Gasteiger partial charge on any atom is 0.335 e. The van der Waals surface area contributed by atoms with Gasteiger partial charge in [-0.2, -0.15) is 0 Å². The number of aliphatic carboxylic acids is 1. The lowest BCUT2D eigenvalue weighted by molar-refractivity contribution is -0.169. The second-order valence-electron chi connectivity index (χ2n) is 3.00. The smallest absolute Gasteiger partial charge is 0.335 e. The Morgan fingerprint density at radius 1 is 0.933 bits per heavy atom. The van der Waals surface area contributed by atoms with Crippen LogP contribution in [0.25, 0.3) is 0 Å². The molecule has 8 nitrogen and oxygen atoms in total. The highest BCUT2D eigenvalue weighted by Crippen LogP contribution is 2.08. The summed E-state index contributed by atoms with van der Waals surface area (Å²) in [5, 5.41) is 61.5. The van der Waals surface area contributed by atoms with Gasteiger partial charge >= 0.3 is 5.97 Å². The largest absolute Gasteiger partial charge is 0.479 e. The van der Waals surface area contributed by atoms with E-state index in [1.165, 1.54) is 0 Å². The topological polar surface area (TPSA) is 159 Å². The number of aliphatic hydroxyl groups is 6. The molecule has 0 radical (unpaired) electrons. The number of hydrogen-bond acceptors (Lipinski definition) is 7. The average molecular weight is 226 g/mol. The van der Waals surface area contributed by atoms with Gasteiger partial charge < -0.3 is 35.7 Å². The number of aliphatic hydroxyl groups excluding tert-OH is 6. The Morgan fingerprint density at radius 2 is 1.40 bits per heavy atom. The van der Waals surface area contributed by atoms with E-state index in [4.69, 9.17) is 35.7 Å². The molecule has 0 bridgehead atoms. The first kappa shape index (κ1) is 14.2. The van der Waals surface area contributed by atoms with E-state index in [1.807, 2.05) is 0 Å². The average Bonchev–Trinajstić information content (AvgIpc) is 2.23. The summed E-state index contributed by atoms with van der Waals surface area (Å²) >= 11 is 0. The van der Waals surface area contributed by atoms with E-state index in [0.717, 1.165) is 0 Å². The fourth-order valence-electron chi connectivity index (χ4n) is 0.870. The molecule has 0 rings (SSSR count). The van der Waals surface area contributed by atoms with Crippen molar-refractivity contribution in [3.8, 4) is 0 Å². The first-order chi connectivity index (χ1) is 6.82. The Morgan fingerprint density at radius 3 is 1.73 bits per heavy atom. The maximum atomic E-state index is 10.2. The SMILES string of the molecule is O=C(O)[C@H](O)[C@H](O)[C@@H](O)C(O)[C@@H](O)CO. The third-order valence-corrected chi connectivity index (χ3v) is 1.86. The summed E-state index contributed by atoms with van der Waals surface area (Å²) in [4.78, 5) is 10.2. The second kappa shape index (κ2) is 5.95. The Kier molecular flexibility index (Phi) is 5.65. The van der Waals surface area contributed by atoms with Gasteiger partial charge in [0, 0.05) is 0 Å². The van der Waals surface area contributed by atoms with Gasteiger partial charge in [-0.25, -0.2) is 4.79 Å². The molecule has 0 aliphatic rings. The monoisotopic (exact) mass is 226 g/mol. The molecule has 0 spiro atoms. The molecule has 15 heavy (non-hydrogen) atoms. The predicted molar refractivity (Wildman–Crippen MR) is 44.8 cm³/mol. The maximum absolute atomic E-state index is 10.2. The van der Waals surface area contributed by atoms with Gasteiger partial charge in [0.2, 0.25) is 0 Å². The zero-order valence-corrected chi connectivity index (χ0v) is 7.63. The predicted octanol–water partition coefficient (Wildman–Crippen LogP) is -4.13. The summed E-state index contributed by atoms with van der Waals surface area (Å²) in [7, 11) is 0. The highest BCUT2D eigenvalue weighted by molar-refractivity contribution is 5.72. The summed E-state index contributed by atoms with van der Waals surface area (Å²) in [6, 6.07) is 0. The third kappa shape index (κ3) is 3.70. The molecule has 8 heteroatoms. The van der Waals surface area contributed by atoms with Crippen molar-refractivity contribution in [2.75, 3.05) is 6.61 Å².